The minimum absolute atomic E-state index is 0.0581. The number of aliphatic carboxylic acids is 1. The smallest absolute Gasteiger partial charge is 0.307 e. The maximum atomic E-state index is 10.6. The summed E-state index contributed by atoms with van der Waals surface area (Å²) in [6.07, 6.45) is -0.0581. The first kappa shape index (κ1) is 11.6. The third-order valence-electron chi connectivity index (χ3n) is 2.20. The second-order valence-electron chi connectivity index (χ2n) is 4.71. The highest BCUT2D eigenvalue weighted by Gasteiger charge is 2.15. The number of benzene rings is 1. The summed E-state index contributed by atoms with van der Waals surface area (Å²) in [6, 6.07) is 4.99. The van der Waals surface area contributed by atoms with Crippen molar-refractivity contribution in [2.75, 3.05) is 0 Å². The van der Waals surface area contributed by atoms with Crippen LogP contribution in [0.3, 0.4) is 0 Å². The molecule has 0 atom stereocenters. The molecule has 0 radical (unpaired) electrons. The first-order valence-electron chi connectivity index (χ1n) is 4.84. The normalized spacial score (nSPS) is 11.4. The number of aromatic hydroxyl groups is 1. The molecule has 0 fully saturated rings. The van der Waals surface area contributed by atoms with Gasteiger partial charge < -0.3 is 10.2 Å². The first-order valence-corrected chi connectivity index (χ1v) is 4.84. The van der Waals surface area contributed by atoms with Gasteiger partial charge in [0.2, 0.25) is 0 Å². The summed E-state index contributed by atoms with van der Waals surface area (Å²) in [5.41, 5.74) is 1.48. The molecule has 0 aliphatic heterocycles. The summed E-state index contributed by atoms with van der Waals surface area (Å²) in [7, 11) is 0. The van der Waals surface area contributed by atoms with Gasteiger partial charge in [0.15, 0.2) is 0 Å². The maximum Gasteiger partial charge on any atom is 0.307 e. The number of carboxylic acid groups (broad SMARTS) is 1. The SMILES string of the molecule is CC(C)(C)c1cc(O)cc(CC(=O)O)c1. The maximum absolute atomic E-state index is 10.6. The fraction of sp³-hybridized carbons (Fsp3) is 0.417. The molecule has 15 heavy (non-hydrogen) atoms. The minimum Gasteiger partial charge on any atom is -0.508 e. The van der Waals surface area contributed by atoms with Crippen molar-refractivity contribution in [3.8, 4) is 5.75 Å². The molecular formula is C12H16O3. The van der Waals surface area contributed by atoms with E-state index in [1.165, 1.54) is 6.07 Å². The van der Waals surface area contributed by atoms with Crippen molar-refractivity contribution < 1.29 is 15.0 Å². The van der Waals surface area contributed by atoms with Crippen molar-refractivity contribution in [2.24, 2.45) is 0 Å². The van der Waals surface area contributed by atoms with Crippen LogP contribution in [0.15, 0.2) is 18.2 Å². The van der Waals surface area contributed by atoms with Crippen LogP contribution in [-0.2, 0) is 16.6 Å². The zero-order chi connectivity index (χ0) is 11.6. The second-order valence-corrected chi connectivity index (χ2v) is 4.71. The van der Waals surface area contributed by atoms with Gasteiger partial charge in [0.1, 0.15) is 5.75 Å². The molecular weight excluding hydrogens is 192 g/mol. The van der Waals surface area contributed by atoms with E-state index >= 15 is 0 Å². The van der Waals surface area contributed by atoms with Crippen LogP contribution in [-0.4, -0.2) is 16.2 Å². The molecule has 0 spiro atoms. The van der Waals surface area contributed by atoms with Gasteiger partial charge in [-0.3, -0.25) is 4.79 Å². The summed E-state index contributed by atoms with van der Waals surface area (Å²) in [4.78, 5) is 10.6. The van der Waals surface area contributed by atoms with Gasteiger partial charge in [-0.2, -0.15) is 0 Å². The molecule has 3 heteroatoms. The van der Waals surface area contributed by atoms with Crippen LogP contribution in [0.25, 0.3) is 0 Å². The highest BCUT2D eigenvalue weighted by molar-refractivity contribution is 5.70. The molecule has 3 nitrogen and oxygen atoms in total. The fourth-order valence-electron chi connectivity index (χ4n) is 1.38. The summed E-state index contributed by atoms with van der Waals surface area (Å²) in [5, 5.41) is 18.1. The van der Waals surface area contributed by atoms with Crippen LogP contribution in [0.4, 0.5) is 0 Å². The highest BCUT2D eigenvalue weighted by atomic mass is 16.4. The summed E-state index contributed by atoms with van der Waals surface area (Å²) < 4.78 is 0. The van der Waals surface area contributed by atoms with E-state index in [-0.39, 0.29) is 17.6 Å². The van der Waals surface area contributed by atoms with E-state index in [2.05, 4.69) is 0 Å². The standard InChI is InChI=1S/C12H16O3/c1-12(2,3)9-4-8(6-11(14)15)5-10(13)7-9/h4-5,7,13H,6H2,1-3H3,(H,14,15). The average molecular weight is 208 g/mol. The Balaban J connectivity index is 3.11. The molecule has 2 N–H and O–H groups in total. The van der Waals surface area contributed by atoms with E-state index in [0.717, 1.165) is 5.56 Å². The average Bonchev–Trinajstić information content (AvgIpc) is 1.99. The Morgan fingerprint density at radius 2 is 1.87 bits per heavy atom. The number of carbonyl (C=O) groups is 1. The van der Waals surface area contributed by atoms with Gasteiger partial charge in [0, 0.05) is 0 Å². The van der Waals surface area contributed by atoms with Gasteiger partial charge in [0.05, 0.1) is 6.42 Å². The highest BCUT2D eigenvalue weighted by Crippen LogP contribution is 2.27. The molecule has 82 valence electrons. The molecule has 0 heterocycles. The number of carboxylic acids is 1. The van der Waals surface area contributed by atoms with Crippen LogP contribution >= 0.6 is 0 Å². The Morgan fingerprint density at radius 1 is 1.27 bits per heavy atom. The van der Waals surface area contributed by atoms with Crippen molar-refractivity contribution in [1.82, 2.24) is 0 Å². The molecule has 1 aromatic carbocycles. The van der Waals surface area contributed by atoms with E-state index in [9.17, 15) is 9.90 Å². The van der Waals surface area contributed by atoms with E-state index in [0.29, 0.717) is 5.56 Å². The largest absolute Gasteiger partial charge is 0.508 e. The van der Waals surface area contributed by atoms with Gasteiger partial charge >= 0.3 is 5.97 Å². The Morgan fingerprint density at radius 3 is 2.33 bits per heavy atom. The van der Waals surface area contributed by atoms with Crippen molar-refractivity contribution in [2.45, 2.75) is 32.6 Å². The number of hydrogen-bond acceptors (Lipinski definition) is 2. The number of phenolic OH excluding ortho intramolecular Hbond substituents is 1. The van der Waals surface area contributed by atoms with Crippen molar-refractivity contribution in [3.05, 3.63) is 29.3 Å². The number of phenols is 1. The van der Waals surface area contributed by atoms with Gasteiger partial charge in [-0.1, -0.05) is 26.8 Å². The van der Waals surface area contributed by atoms with E-state index in [1.807, 2.05) is 26.8 Å². The first-order chi connectivity index (χ1) is 6.79. The van der Waals surface area contributed by atoms with Gasteiger partial charge in [-0.05, 0) is 28.7 Å². The van der Waals surface area contributed by atoms with Crippen LogP contribution in [0.1, 0.15) is 31.9 Å². The summed E-state index contributed by atoms with van der Waals surface area (Å²) in [5.74, 6) is -0.765. The third kappa shape index (κ3) is 3.27. The fourth-order valence-corrected chi connectivity index (χ4v) is 1.38. The molecule has 1 aromatic rings. The van der Waals surface area contributed by atoms with Crippen LogP contribution in [0.5, 0.6) is 5.75 Å². The molecule has 0 aliphatic rings. The molecule has 0 aliphatic carbocycles. The predicted molar refractivity (Wildman–Crippen MR) is 58.1 cm³/mol. The van der Waals surface area contributed by atoms with Gasteiger partial charge in [-0.25, -0.2) is 0 Å². The van der Waals surface area contributed by atoms with Crippen molar-refractivity contribution in [3.63, 3.8) is 0 Å². The third-order valence-corrected chi connectivity index (χ3v) is 2.20. The summed E-state index contributed by atoms with van der Waals surface area (Å²) >= 11 is 0. The molecule has 0 saturated heterocycles. The van der Waals surface area contributed by atoms with Crippen molar-refractivity contribution in [1.29, 1.82) is 0 Å². The lowest BCUT2D eigenvalue weighted by molar-refractivity contribution is -0.136. The Labute approximate surface area is 89.4 Å². The lowest BCUT2D eigenvalue weighted by atomic mass is 9.85. The predicted octanol–water partition coefficient (Wildman–Crippen LogP) is 2.32. The monoisotopic (exact) mass is 208 g/mol. The van der Waals surface area contributed by atoms with Crippen LogP contribution in [0.2, 0.25) is 0 Å². The molecule has 1 rings (SSSR count). The molecule has 0 amide bonds. The Hall–Kier alpha value is -1.51. The van der Waals surface area contributed by atoms with E-state index in [4.69, 9.17) is 5.11 Å². The molecule has 0 unspecified atom stereocenters. The Kier molecular flexibility index (Phi) is 3.03. The molecule has 0 aromatic heterocycles. The van der Waals surface area contributed by atoms with E-state index in [1.54, 1.807) is 6.07 Å². The zero-order valence-electron chi connectivity index (χ0n) is 9.24. The van der Waals surface area contributed by atoms with Crippen molar-refractivity contribution >= 4 is 5.97 Å². The lowest BCUT2D eigenvalue weighted by Crippen LogP contribution is -2.12. The number of rotatable bonds is 2. The van der Waals surface area contributed by atoms with Crippen LogP contribution < -0.4 is 0 Å². The molecule has 0 saturated carbocycles. The zero-order valence-corrected chi connectivity index (χ0v) is 9.24. The Bertz CT molecular complexity index is 375. The van der Waals surface area contributed by atoms with Gasteiger partial charge in [-0.15, -0.1) is 0 Å². The van der Waals surface area contributed by atoms with E-state index < -0.39 is 5.97 Å². The molecule has 0 bridgehead atoms. The quantitative estimate of drug-likeness (QED) is 0.784. The topological polar surface area (TPSA) is 57.5 Å². The second kappa shape index (κ2) is 3.93. The summed E-state index contributed by atoms with van der Waals surface area (Å²) in [6.45, 7) is 6.06. The minimum atomic E-state index is -0.888. The number of hydrogen-bond donors (Lipinski definition) is 2. The lowest BCUT2D eigenvalue weighted by Gasteiger charge is -2.20. The van der Waals surface area contributed by atoms with Gasteiger partial charge in [0.25, 0.3) is 0 Å². The van der Waals surface area contributed by atoms with Crippen LogP contribution in [0, 0.1) is 0 Å².